The van der Waals surface area contributed by atoms with Gasteiger partial charge in [0.05, 0.1) is 0 Å². The van der Waals surface area contributed by atoms with E-state index in [2.05, 4.69) is 110 Å². The normalized spacial score (nSPS) is 13.8. The van der Waals surface area contributed by atoms with E-state index in [4.69, 9.17) is 13.9 Å². The van der Waals surface area contributed by atoms with Crippen LogP contribution in [0.25, 0.3) is 0 Å². The van der Waals surface area contributed by atoms with Gasteiger partial charge >= 0.3 is 20.4 Å². The first kappa shape index (κ1) is 45.7. The molecule has 11 nitrogen and oxygen atoms in total. The molecule has 12 heteroatoms. The zero-order chi connectivity index (χ0) is 44.0. The van der Waals surface area contributed by atoms with Crippen LogP contribution in [0, 0.1) is 0 Å². The summed E-state index contributed by atoms with van der Waals surface area (Å²) in [4.78, 5) is 27.8. The minimum Gasteiger partial charge on any atom is -0.534 e. The summed E-state index contributed by atoms with van der Waals surface area (Å²) in [5.74, 6) is 1.97. The molecule has 0 radical (unpaired) electrons. The third-order valence-corrected chi connectivity index (χ3v) is 16.2. The number of carbonyl (C=O) groups is 2. The Balaban J connectivity index is 0.859. The molecule has 1 aliphatic heterocycles. The van der Waals surface area contributed by atoms with Crippen molar-refractivity contribution in [2.75, 3.05) is 58.7 Å². The highest BCUT2D eigenvalue weighted by molar-refractivity contribution is 7.00. The Kier molecular flexibility index (Phi) is 16.1. The quantitative estimate of drug-likeness (QED) is 0.0545. The number of aliphatic hydroxyl groups excluding tert-OH is 1. The van der Waals surface area contributed by atoms with Crippen LogP contribution < -0.4 is 40.2 Å². The van der Waals surface area contributed by atoms with Crippen molar-refractivity contribution in [2.45, 2.75) is 63.6 Å². The lowest BCUT2D eigenvalue weighted by Gasteiger charge is -2.43. The van der Waals surface area contributed by atoms with Gasteiger partial charge in [-0.05, 0) is 107 Å². The van der Waals surface area contributed by atoms with Crippen molar-refractivity contribution >= 4 is 36.5 Å². The highest BCUT2D eigenvalue weighted by atomic mass is 28.4. The maximum atomic E-state index is 12.8. The summed E-state index contributed by atoms with van der Waals surface area (Å²) in [7, 11) is 0.545. The molecule has 328 valence electrons. The van der Waals surface area contributed by atoms with E-state index >= 15 is 0 Å². The first-order valence-electron chi connectivity index (χ1n) is 21.7. The fourth-order valence-corrected chi connectivity index (χ4v) is 12.2. The van der Waals surface area contributed by atoms with Crippen molar-refractivity contribution in [3.8, 4) is 17.2 Å². The van der Waals surface area contributed by atoms with Gasteiger partial charge < -0.3 is 44.8 Å². The third-order valence-electron chi connectivity index (χ3n) is 11.2. The molecular formula is C50H63N5O6Si. The lowest BCUT2D eigenvalue weighted by molar-refractivity contribution is 0.106. The molecule has 4 N–H and O–H groups in total. The number of ether oxygens (including phenoxy) is 2. The molecule has 1 saturated heterocycles. The van der Waals surface area contributed by atoms with E-state index in [1.807, 2.05) is 53.4 Å². The molecular weight excluding hydrogens is 795 g/mol. The van der Waals surface area contributed by atoms with Crippen molar-refractivity contribution in [1.82, 2.24) is 20.4 Å². The number of rotatable bonds is 18. The molecule has 1 heterocycles. The molecule has 1 fully saturated rings. The van der Waals surface area contributed by atoms with Crippen molar-refractivity contribution < 1.29 is 28.6 Å². The molecule has 0 spiro atoms. The van der Waals surface area contributed by atoms with E-state index in [1.54, 1.807) is 26.2 Å². The van der Waals surface area contributed by atoms with E-state index in [1.165, 1.54) is 20.8 Å². The standard InChI is InChI=1S/C50H63N5O6Si/c1-50(2,3)62(46-12-8-6-9-13-46,47-14-10-7-11-15-47)61-45-26-24-43(25-27-45)59-37-42(56)36-51-32-28-38-16-20-40(21-17-38)53-41-30-34-55(35-31-41)48(57)52-33-29-39-18-22-44(23-19-39)60-49(58)54(4)5/h6-27,41-42,51,53,56H,28-37H2,1-5H3,(H,52,57)/t42-/m0/s1. The van der Waals surface area contributed by atoms with Crippen molar-refractivity contribution in [2.24, 2.45) is 0 Å². The van der Waals surface area contributed by atoms with Crippen LogP contribution in [0.1, 0.15) is 44.7 Å². The second-order valence-corrected chi connectivity index (χ2v) is 21.4. The van der Waals surface area contributed by atoms with Crippen LogP contribution in [-0.2, 0) is 12.8 Å². The Bertz CT molecular complexity index is 2080. The number of aliphatic hydroxyl groups is 1. The van der Waals surface area contributed by atoms with Crippen molar-refractivity contribution in [3.05, 3.63) is 145 Å². The van der Waals surface area contributed by atoms with Gasteiger partial charge in [-0.1, -0.05) is 106 Å². The average molecular weight is 858 g/mol. The monoisotopic (exact) mass is 857 g/mol. The molecule has 0 aliphatic carbocycles. The number of carbonyl (C=O) groups excluding carboxylic acids is 2. The molecule has 1 atom stereocenters. The van der Waals surface area contributed by atoms with Crippen LogP contribution in [0.4, 0.5) is 15.3 Å². The summed E-state index contributed by atoms with van der Waals surface area (Å²) >= 11 is 0. The van der Waals surface area contributed by atoms with Crippen molar-refractivity contribution in [1.29, 1.82) is 0 Å². The summed E-state index contributed by atoms with van der Waals surface area (Å²) in [5.41, 5.74) is 3.34. The van der Waals surface area contributed by atoms with E-state index in [9.17, 15) is 14.7 Å². The Morgan fingerprint density at radius 3 is 1.84 bits per heavy atom. The van der Waals surface area contributed by atoms with Gasteiger partial charge in [-0.3, -0.25) is 0 Å². The maximum Gasteiger partial charge on any atom is 0.414 e. The van der Waals surface area contributed by atoms with Gasteiger partial charge in [-0.25, -0.2) is 9.59 Å². The van der Waals surface area contributed by atoms with E-state index < -0.39 is 20.5 Å². The summed E-state index contributed by atoms with van der Waals surface area (Å²) in [5, 5.41) is 23.0. The second kappa shape index (κ2) is 21.8. The smallest absolute Gasteiger partial charge is 0.414 e. The van der Waals surface area contributed by atoms with Gasteiger partial charge in [-0.15, -0.1) is 0 Å². The molecule has 0 saturated carbocycles. The number of hydrogen-bond acceptors (Lipinski definition) is 8. The van der Waals surface area contributed by atoms with Crippen LogP contribution in [-0.4, -0.2) is 101 Å². The van der Waals surface area contributed by atoms with E-state index in [0.717, 1.165) is 42.8 Å². The summed E-state index contributed by atoms with van der Waals surface area (Å²) in [6.07, 6.45) is 2.21. The first-order chi connectivity index (χ1) is 29.9. The molecule has 1 aliphatic rings. The van der Waals surface area contributed by atoms with E-state index in [-0.39, 0.29) is 17.7 Å². The average Bonchev–Trinajstić information content (AvgIpc) is 3.28. The fourth-order valence-electron chi connectivity index (χ4n) is 7.75. The van der Waals surface area contributed by atoms with Crippen LogP contribution in [0.5, 0.6) is 17.2 Å². The number of urea groups is 1. The molecule has 5 aromatic rings. The lowest BCUT2D eigenvalue weighted by Crippen LogP contribution is -2.68. The highest BCUT2D eigenvalue weighted by Crippen LogP contribution is 2.38. The van der Waals surface area contributed by atoms with Crippen LogP contribution in [0.15, 0.2) is 133 Å². The summed E-state index contributed by atoms with van der Waals surface area (Å²) in [6, 6.07) is 45.0. The Hall–Kier alpha value is -5.82. The predicted molar refractivity (Wildman–Crippen MR) is 251 cm³/mol. The molecule has 0 unspecified atom stereocenters. The topological polar surface area (TPSA) is 125 Å². The van der Waals surface area contributed by atoms with E-state index in [0.29, 0.717) is 50.1 Å². The zero-order valence-corrected chi connectivity index (χ0v) is 37.8. The Morgan fingerprint density at radius 1 is 0.742 bits per heavy atom. The zero-order valence-electron chi connectivity index (χ0n) is 36.8. The molecule has 62 heavy (non-hydrogen) atoms. The number of anilines is 1. The molecule has 3 amide bonds. The van der Waals surface area contributed by atoms with Crippen LogP contribution in [0.2, 0.25) is 5.04 Å². The number of piperidine rings is 1. The number of nitrogens with zero attached hydrogens (tertiary/aromatic N) is 2. The van der Waals surface area contributed by atoms with Gasteiger partial charge in [0, 0.05) is 52.0 Å². The van der Waals surface area contributed by atoms with Gasteiger partial charge in [0.1, 0.15) is 30.0 Å². The predicted octanol–water partition coefficient (Wildman–Crippen LogP) is 7.09. The third kappa shape index (κ3) is 12.6. The maximum absolute atomic E-state index is 12.8. The number of hydrogen-bond donors (Lipinski definition) is 4. The van der Waals surface area contributed by atoms with Gasteiger partial charge in [0.2, 0.25) is 0 Å². The number of benzene rings is 5. The Morgan fingerprint density at radius 2 is 1.27 bits per heavy atom. The highest BCUT2D eigenvalue weighted by Gasteiger charge is 2.52. The number of amides is 3. The largest absolute Gasteiger partial charge is 0.534 e. The second-order valence-electron chi connectivity index (χ2n) is 17.1. The summed E-state index contributed by atoms with van der Waals surface area (Å²) < 4.78 is 18.3. The van der Waals surface area contributed by atoms with Crippen molar-refractivity contribution in [3.63, 3.8) is 0 Å². The molecule has 6 rings (SSSR count). The fraction of sp³-hybridized carbons (Fsp3) is 0.360. The van der Waals surface area contributed by atoms with Gasteiger partial charge in [0.25, 0.3) is 0 Å². The first-order valence-corrected chi connectivity index (χ1v) is 23.6. The lowest BCUT2D eigenvalue weighted by atomic mass is 10.0. The molecule has 5 aromatic carbocycles. The van der Waals surface area contributed by atoms with Gasteiger partial charge in [0.15, 0.2) is 0 Å². The summed E-state index contributed by atoms with van der Waals surface area (Å²) in [6.45, 7) is 10.1. The van der Waals surface area contributed by atoms with Crippen LogP contribution in [0.3, 0.4) is 0 Å². The minimum atomic E-state index is -2.73. The molecule has 0 aromatic heterocycles. The van der Waals surface area contributed by atoms with Gasteiger partial charge in [-0.2, -0.15) is 0 Å². The Labute approximate surface area is 368 Å². The number of likely N-dealkylation sites (tertiary alicyclic amines) is 1. The SMILES string of the molecule is CN(C)C(=O)Oc1ccc(CCNC(=O)N2CCC(Nc3ccc(CCNC[C@H](O)COc4ccc(O[Si](c5ccccc5)(c5ccccc5)C(C)(C)C)cc4)cc3)CC2)cc1. The molecule has 0 bridgehead atoms. The minimum absolute atomic E-state index is 0.0403. The number of nitrogens with one attached hydrogen (secondary N) is 3. The van der Waals surface area contributed by atoms with Crippen LogP contribution >= 0.6 is 0 Å².